The first kappa shape index (κ1) is 14.4. The van der Waals surface area contributed by atoms with Gasteiger partial charge in [-0.05, 0) is 31.6 Å². The topological polar surface area (TPSA) is 70.1 Å². The van der Waals surface area contributed by atoms with Crippen molar-refractivity contribution in [1.29, 1.82) is 0 Å². The standard InChI is InChI=1S/C15H22O4/c1-9-7-10(16)8-15(4)13(19-15)12(18)14(2,3)6-5-11(9)17/h5-7,10,12-13,16,18H,8H2,1-4H3/b6-5+,9-7+/t10-,12-,13?,15-/m1/s1. The maximum absolute atomic E-state index is 11.9. The Morgan fingerprint density at radius 1 is 1.32 bits per heavy atom. The molecule has 0 amide bonds. The summed E-state index contributed by atoms with van der Waals surface area (Å²) in [5, 5.41) is 20.4. The molecule has 0 aromatic heterocycles. The number of ketones is 1. The van der Waals surface area contributed by atoms with E-state index < -0.39 is 23.2 Å². The summed E-state index contributed by atoms with van der Waals surface area (Å²) in [6.07, 6.45) is 3.39. The van der Waals surface area contributed by atoms with E-state index in [2.05, 4.69) is 0 Å². The van der Waals surface area contributed by atoms with Crippen LogP contribution in [0.25, 0.3) is 0 Å². The van der Waals surface area contributed by atoms with Gasteiger partial charge in [-0.1, -0.05) is 19.9 Å². The van der Waals surface area contributed by atoms with Crippen molar-refractivity contribution in [3.8, 4) is 0 Å². The molecule has 0 saturated carbocycles. The number of rotatable bonds is 0. The molecule has 2 N–H and O–H groups in total. The molecule has 2 aliphatic rings. The van der Waals surface area contributed by atoms with Crippen LogP contribution in [0.2, 0.25) is 0 Å². The number of hydrogen-bond donors (Lipinski definition) is 2. The van der Waals surface area contributed by atoms with Crippen molar-refractivity contribution in [2.45, 2.75) is 58.0 Å². The van der Waals surface area contributed by atoms with Crippen LogP contribution < -0.4 is 0 Å². The van der Waals surface area contributed by atoms with Gasteiger partial charge in [-0.25, -0.2) is 0 Å². The minimum atomic E-state index is -0.735. The van der Waals surface area contributed by atoms with Crippen LogP contribution in [0.1, 0.15) is 34.1 Å². The van der Waals surface area contributed by atoms with Crippen molar-refractivity contribution in [3.05, 3.63) is 23.8 Å². The van der Waals surface area contributed by atoms with Gasteiger partial charge in [0.15, 0.2) is 5.78 Å². The van der Waals surface area contributed by atoms with Crippen molar-refractivity contribution >= 4 is 5.78 Å². The molecule has 0 aromatic carbocycles. The number of carbonyl (C=O) groups excluding carboxylic acids is 1. The first-order chi connectivity index (χ1) is 8.66. The number of epoxide rings is 1. The quantitative estimate of drug-likeness (QED) is 0.650. The van der Waals surface area contributed by atoms with E-state index in [-0.39, 0.29) is 11.9 Å². The maximum atomic E-state index is 11.9. The highest BCUT2D eigenvalue weighted by Crippen LogP contribution is 2.47. The maximum Gasteiger partial charge on any atom is 0.181 e. The van der Waals surface area contributed by atoms with E-state index in [0.717, 1.165) is 0 Å². The second kappa shape index (κ2) is 4.54. The Balaban J connectivity index is 2.34. The Labute approximate surface area is 113 Å². The highest BCUT2D eigenvalue weighted by atomic mass is 16.6. The molecule has 106 valence electrons. The van der Waals surface area contributed by atoms with Crippen LogP contribution in [0.5, 0.6) is 0 Å². The minimum Gasteiger partial charge on any atom is -0.389 e. The summed E-state index contributed by atoms with van der Waals surface area (Å²) in [6.45, 7) is 7.31. The predicted molar refractivity (Wildman–Crippen MR) is 71.6 cm³/mol. The zero-order valence-corrected chi connectivity index (χ0v) is 11.9. The fourth-order valence-electron chi connectivity index (χ4n) is 2.57. The molecule has 4 atom stereocenters. The van der Waals surface area contributed by atoms with Gasteiger partial charge >= 0.3 is 0 Å². The molecule has 1 fully saturated rings. The third-order valence-electron chi connectivity index (χ3n) is 4.10. The molecule has 0 aromatic rings. The predicted octanol–water partition coefficient (Wildman–Crippen LogP) is 1.37. The van der Waals surface area contributed by atoms with E-state index in [1.165, 1.54) is 6.08 Å². The highest BCUT2D eigenvalue weighted by molar-refractivity contribution is 6.03. The van der Waals surface area contributed by atoms with Crippen molar-refractivity contribution in [1.82, 2.24) is 0 Å². The number of fused-ring (bicyclic) bond motifs is 1. The van der Waals surface area contributed by atoms with Crippen molar-refractivity contribution < 1.29 is 19.7 Å². The molecule has 1 heterocycles. The lowest BCUT2D eigenvalue weighted by molar-refractivity contribution is -0.111. The second-order valence-corrected chi connectivity index (χ2v) is 6.44. The Hall–Kier alpha value is -0.970. The van der Waals surface area contributed by atoms with E-state index in [0.29, 0.717) is 12.0 Å². The molecular weight excluding hydrogens is 244 g/mol. The van der Waals surface area contributed by atoms with Crippen molar-refractivity contribution in [2.24, 2.45) is 5.41 Å². The van der Waals surface area contributed by atoms with Gasteiger partial charge in [-0.15, -0.1) is 0 Å². The smallest absolute Gasteiger partial charge is 0.181 e. The summed E-state index contributed by atoms with van der Waals surface area (Å²) < 4.78 is 5.60. The molecule has 1 aliphatic heterocycles. The van der Waals surface area contributed by atoms with E-state index >= 15 is 0 Å². The minimum absolute atomic E-state index is 0.138. The highest BCUT2D eigenvalue weighted by Gasteiger charge is 2.59. The summed E-state index contributed by atoms with van der Waals surface area (Å²) in [7, 11) is 0. The zero-order valence-electron chi connectivity index (χ0n) is 11.9. The van der Waals surface area contributed by atoms with E-state index in [4.69, 9.17) is 4.74 Å². The summed E-state index contributed by atoms with van der Waals surface area (Å²) >= 11 is 0. The Kier molecular flexibility index (Phi) is 3.45. The number of ether oxygens (including phenoxy) is 1. The molecule has 4 nitrogen and oxygen atoms in total. The third kappa shape index (κ3) is 2.81. The number of allylic oxidation sites excluding steroid dienone is 2. The van der Waals surface area contributed by atoms with Gasteiger partial charge < -0.3 is 14.9 Å². The van der Waals surface area contributed by atoms with E-state index in [1.807, 2.05) is 20.8 Å². The SMILES string of the molecule is C/C1=C\[C@@H](O)C[C@@]2(C)OC2[C@@H](O)C(C)(C)/C=C/C1=O. The van der Waals surface area contributed by atoms with Gasteiger partial charge in [0.05, 0.1) is 17.8 Å². The molecule has 2 rings (SSSR count). The van der Waals surface area contributed by atoms with Crippen LogP contribution in [-0.4, -0.2) is 39.9 Å². The lowest BCUT2D eigenvalue weighted by atomic mass is 9.81. The zero-order chi connectivity index (χ0) is 14.4. The van der Waals surface area contributed by atoms with Crippen LogP contribution in [0.4, 0.5) is 0 Å². The van der Waals surface area contributed by atoms with Gasteiger partial charge in [0.2, 0.25) is 0 Å². The van der Waals surface area contributed by atoms with Crippen LogP contribution in [0.15, 0.2) is 23.8 Å². The molecule has 19 heavy (non-hydrogen) atoms. The van der Waals surface area contributed by atoms with Crippen LogP contribution in [-0.2, 0) is 9.53 Å². The van der Waals surface area contributed by atoms with Gasteiger partial charge in [-0.2, -0.15) is 0 Å². The largest absolute Gasteiger partial charge is 0.389 e. The van der Waals surface area contributed by atoms with Gasteiger partial charge in [0.25, 0.3) is 0 Å². The Bertz CT molecular complexity index is 449. The molecule has 1 aliphatic carbocycles. The van der Waals surface area contributed by atoms with Crippen molar-refractivity contribution in [2.75, 3.05) is 0 Å². The number of hydrogen-bond acceptors (Lipinski definition) is 4. The van der Waals surface area contributed by atoms with Crippen LogP contribution in [0.3, 0.4) is 0 Å². The molecule has 0 radical (unpaired) electrons. The second-order valence-electron chi connectivity index (χ2n) is 6.44. The summed E-state index contributed by atoms with van der Waals surface area (Å²) in [6, 6.07) is 0. The fourth-order valence-corrected chi connectivity index (χ4v) is 2.57. The fraction of sp³-hybridized carbons (Fsp3) is 0.667. The number of aliphatic hydroxyl groups excluding tert-OH is 2. The third-order valence-corrected chi connectivity index (χ3v) is 4.10. The number of aliphatic hydroxyl groups is 2. The first-order valence-corrected chi connectivity index (χ1v) is 6.62. The monoisotopic (exact) mass is 266 g/mol. The Morgan fingerprint density at radius 3 is 2.58 bits per heavy atom. The van der Waals surface area contributed by atoms with E-state index in [9.17, 15) is 15.0 Å². The molecular formula is C15H22O4. The average Bonchev–Trinajstić information content (AvgIpc) is 2.95. The van der Waals surface area contributed by atoms with E-state index in [1.54, 1.807) is 19.1 Å². The lowest BCUT2D eigenvalue weighted by Crippen LogP contribution is -2.36. The van der Waals surface area contributed by atoms with Gasteiger partial charge in [-0.3, -0.25) is 4.79 Å². The molecule has 1 unspecified atom stereocenters. The summed E-state index contributed by atoms with van der Waals surface area (Å²) in [4.78, 5) is 11.9. The summed E-state index contributed by atoms with van der Waals surface area (Å²) in [5.41, 5.74) is -0.557. The summed E-state index contributed by atoms with van der Waals surface area (Å²) in [5.74, 6) is -0.138. The lowest BCUT2D eigenvalue weighted by Gasteiger charge is -2.26. The van der Waals surface area contributed by atoms with Crippen LogP contribution in [0, 0.1) is 5.41 Å². The average molecular weight is 266 g/mol. The van der Waals surface area contributed by atoms with Gasteiger partial charge in [0.1, 0.15) is 6.10 Å². The number of carbonyl (C=O) groups is 1. The molecule has 0 spiro atoms. The molecule has 4 heteroatoms. The normalized spacial score (nSPS) is 46.5. The van der Waals surface area contributed by atoms with Gasteiger partial charge in [0, 0.05) is 11.8 Å². The molecule has 0 bridgehead atoms. The van der Waals surface area contributed by atoms with Crippen molar-refractivity contribution in [3.63, 3.8) is 0 Å². The van der Waals surface area contributed by atoms with Crippen LogP contribution >= 0.6 is 0 Å². The molecule has 1 saturated heterocycles. The Morgan fingerprint density at radius 2 is 1.95 bits per heavy atom. The first-order valence-electron chi connectivity index (χ1n) is 6.62.